The van der Waals surface area contributed by atoms with E-state index in [2.05, 4.69) is 9.97 Å². The summed E-state index contributed by atoms with van der Waals surface area (Å²) in [7, 11) is 0. The van der Waals surface area contributed by atoms with Gasteiger partial charge in [0.05, 0.1) is 17.2 Å². The topological polar surface area (TPSA) is 56.7 Å². The van der Waals surface area contributed by atoms with Crippen molar-refractivity contribution in [3.05, 3.63) is 30.5 Å². The number of nitrogen functional groups attached to an aromatic ring is 1. The summed E-state index contributed by atoms with van der Waals surface area (Å²) >= 11 is 0. The largest absolute Gasteiger partial charge is 0.389 e. The van der Waals surface area contributed by atoms with E-state index in [4.69, 9.17) is 5.73 Å². The zero-order chi connectivity index (χ0) is 15.0. The molecule has 0 aliphatic carbocycles. The van der Waals surface area contributed by atoms with E-state index in [-0.39, 0.29) is 18.9 Å². The molecule has 3 rings (SSSR count). The number of hydrogen-bond acceptors (Lipinski definition) is 3. The number of alkyl halides is 3. The Morgan fingerprint density at radius 2 is 1.90 bits per heavy atom. The molecule has 0 atom stereocenters. The quantitative estimate of drug-likeness (QED) is 0.804. The van der Waals surface area contributed by atoms with Crippen LogP contribution in [-0.2, 0) is 6.54 Å². The molecule has 0 amide bonds. The number of nitrogens with two attached hydrogens (primary N) is 1. The molecule has 1 aromatic carbocycles. The van der Waals surface area contributed by atoms with Crippen molar-refractivity contribution in [2.24, 2.45) is 0 Å². The summed E-state index contributed by atoms with van der Waals surface area (Å²) < 4.78 is 38.5. The van der Waals surface area contributed by atoms with Crippen molar-refractivity contribution in [1.82, 2.24) is 14.5 Å². The predicted octanol–water partition coefficient (Wildman–Crippen LogP) is 3.51. The zero-order valence-corrected chi connectivity index (χ0v) is 11.1. The summed E-state index contributed by atoms with van der Waals surface area (Å²) in [5, 5.41) is 0.839. The molecular weight excluding hydrogens is 281 g/mol. The third kappa shape index (κ3) is 2.63. The molecule has 0 aliphatic heterocycles. The second-order valence-electron chi connectivity index (χ2n) is 4.85. The SMILES string of the molecule is Nc1nc2cnc3ccccc3c2n1CCCC(F)(F)F. The summed E-state index contributed by atoms with van der Waals surface area (Å²) in [6.45, 7) is 0.176. The van der Waals surface area contributed by atoms with Crippen molar-refractivity contribution < 1.29 is 13.2 Å². The van der Waals surface area contributed by atoms with E-state index in [0.29, 0.717) is 5.52 Å². The number of aromatic nitrogens is 3. The number of benzene rings is 1. The molecule has 21 heavy (non-hydrogen) atoms. The van der Waals surface area contributed by atoms with Crippen molar-refractivity contribution in [2.45, 2.75) is 25.6 Å². The van der Waals surface area contributed by atoms with Crippen LogP contribution in [0.15, 0.2) is 30.5 Å². The summed E-state index contributed by atoms with van der Waals surface area (Å²) in [5.41, 5.74) is 7.93. The molecule has 0 fully saturated rings. The van der Waals surface area contributed by atoms with Gasteiger partial charge in [-0.1, -0.05) is 18.2 Å². The number of para-hydroxylation sites is 1. The lowest BCUT2D eigenvalue weighted by Gasteiger charge is -2.09. The van der Waals surface area contributed by atoms with Gasteiger partial charge in [-0.3, -0.25) is 4.98 Å². The lowest BCUT2D eigenvalue weighted by Crippen LogP contribution is -2.10. The van der Waals surface area contributed by atoms with Crippen LogP contribution in [0.3, 0.4) is 0 Å². The van der Waals surface area contributed by atoms with Crippen LogP contribution in [0.2, 0.25) is 0 Å². The van der Waals surface area contributed by atoms with Crippen LogP contribution in [0.5, 0.6) is 0 Å². The first kappa shape index (κ1) is 13.7. The Labute approximate surface area is 118 Å². The van der Waals surface area contributed by atoms with Crippen molar-refractivity contribution in [1.29, 1.82) is 0 Å². The number of rotatable bonds is 3. The van der Waals surface area contributed by atoms with Crippen molar-refractivity contribution in [3.8, 4) is 0 Å². The van der Waals surface area contributed by atoms with Gasteiger partial charge in [-0.2, -0.15) is 13.2 Å². The monoisotopic (exact) mass is 294 g/mol. The highest BCUT2D eigenvalue weighted by Gasteiger charge is 2.26. The van der Waals surface area contributed by atoms with E-state index in [1.807, 2.05) is 24.3 Å². The lowest BCUT2D eigenvalue weighted by atomic mass is 10.2. The van der Waals surface area contributed by atoms with E-state index in [0.717, 1.165) is 16.4 Å². The van der Waals surface area contributed by atoms with Gasteiger partial charge in [0.1, 0.15) is 5.52 Å². The molecule has 2 aromatic heterocycles. The van der Waals surface area contributed by atoms with Crippen LogP contribution in [-0.4, -0.2) is 20.7 Å². The highest BCUT2D eigenvalue weighted by molar-refractivity contribution is 6.02. The zero-order valence-electron chi connectivity index (χ0n) is 11.1. The van der Waals surface area contributed by atoms with E-state index in [9.17, 15) is 13.2 Å². The third-order valence-corrected chi connectivity index (χ3v) is 3.35. The van der Waals surface area contributed by atoms with Crippen LogP contribution < -0.4 is 5.73 Å². The van der Waals surface area contributed by atoms with Crippen molar-refractivity contribution in [3.63, 3.8) is 0 Å². The van der Waals surface area contributed by atoms with Crippen molar-refractivity contribution in [2.75, 3.05) is 5.73 Å². The lowest BCUT2D eigenvalue weighted by molar-refractivity contribution is -0.135. The van der Waals surface area contributed by atoms with Crippen LogP contribution in [0.25, 0.3) is 21.9 Å². The third-order valence-electron chi connectivity index (χ3n) is 3.35. The fraction of sp³-hybridized carbons (Fsp3) is 0.286. The Morgan fingerprint density at radius 3 is 2.67 bits per heavy atom. The number of pyridine rings is 1. The summed E-state index contributed by atoms with van der Waals surface area (Å²) in [4.78, 5) is 8.45. The Balaban J connectivity index is 2.05. The van der Waals surface area contributed by atoms with Gasteiger partial charge in [0.2, 0.25) is 5.95 Å². The first-order chi connectivity index (χ1) is 9.96. The number of hydrogen-bond donors (Lipinski definition) is 1. The highest BCUT2D eigenvalue weighted by Crippen LogP contribution is 2.27. The Kier molecular flexibility index (Phi) is 3.19. The van der Waals surface area contributed by atoms with E-state index in [1.165, 1.54) is 0 Å². The number of fused-ring (bicyclic) bond motifs is 3. The second-order valence-corrected chi connectivity index (χ2v) is 4.85. The van der Waals surface area contributed by atoms with E-state index in [1.54, 1.807) is 10.8 Å². The molecule has 2 heterocycles. The molecule has 0 saturated carbocycles. The maximum absolute atomic E-state index is 12.3. The van der Waals surface area contributed by atoms with Crippen LogP contribution in [0.4, 0.5) is 19.1 Å². The van der Waals surface area contributed by atoms with Gasteiger partial charge in [-0.15, -0.1) is 0 Å². The average Bonchev–Trinajstić information content (AvgIpc) is 2.74. The number of anilines is 1. The van der Waals surface area contributed by atoms with Gasteiger partial charge in [0.25, 0.3) is 0 Å². The van der Waals surface area contributed by atoms with Crippen LogP contribution in [0.1, 0.15) is 12.8 Å². The Hall–Kier alpha value is -2.31. The van der Waals surface area contributed by atoms with Gasteiger partial charge < -0.3 is 10.3 Å². The Bertz CT molecular complexity index is 792. The molecule has 110 valence electrons. The smallest absolute Gasteiger partial charge is 0.369 e. The minimum atomic E-state index is -4.16. The summed E-state index contributed by atoms with van der Waals surface area (Å²) in [6, 6.07) is 7.42. The number of imidazole rings is 1. The molecule has 3 aromatic rings. The standard InChI is InChI=1S/C14H13F3N4/c15-14(16,17)6-3-7-21-12-9-4-1-2-5-10(9)19-8-11(12)20-13(21)18/h1-2,4-5,8H,3,6-7H2,(H2,18,20). The van der Waals surface area contributed by atoms with Gasteiger partial charge >= 0.3 is 6.18 Å². The molecule has 4 nitrogen and oxygen atoms in total. The first-order valence-corrected chi connectivity index (χ1v) is 6.52. The molecule has 0 saturated heterocycles. The van der Waals surface area contributed by atoms with Gasteiger partial charge in [-0.25, -0.2) is 4.98 Å². The number of aryl methyl sites for hydroxylation is 1. The maximum Gasteiger partial charge on any atom is 0.389 e. The molecule has 0 unspecified atom stereocenters. The van der Waals surface area contributed by atoms with Gasteiger partial charge in [-0.05, 0) is 12.5 Å². The predicted molar refractivity (Wildman–Crippen MR) is 74.7 cm³/mol. The molecule has 7 heteroatoms. The van der Waals surface area contributed by atoms with E-state index >= 15 is 0 Å². The molecular formula is C14H13F3N4. The number of nitrogens with zero attached hydrogens (tertiary/aromatic N) is 3. The Morgan fingerprint density at radius 1 is 1.14 bits per heavy atom. The molecule has 0 bridgehead atoms. The molecule has 0 aliphatic rings. The van der Waals surface area contributed by atoms with E-state index < -0.39 is 12.6 Å². The summed E-state index contributed by atoms with van der Waals surface area (Å²) in [5.74, 6) is 0.213. The second kappa shape index (κ2) is 4.91. The van der Waals surface area contributed by atoms with Gasteiger partial charge in [0.15, 0.2) is 0 Å². The highest BCUT2D eigenvalue weighted by atomic mass is 19.4. The maximum atomic E-state index is 12.3. The summed E-state index contributed by atoms with van der Waals surface area (Å²) in [6.07, 6.45) is -3.44. The fourth-order valence-corrected chi connectivity index (χ4v) is 2.44. The molecule has 0 spiro atoms. The molecule has 2 N–H and O–H groups in total. The average molecular weight is 294 g/mol. The fourth-order valence-electron chi connectivity index (χ4n) is 2.44. The molecule has 0 radical (unpaired) electrons. The van der Waals surface area contributed by atoms with Crippen LogP contribution >= 0.6 is 0 Å². The van der Waals surface area contributed by atoms with Gasteiger partial charge in [0, 0.05) is 18.4 Å². The normalized spacial score (nSPS) is 12.3. The minimum Gasteiger partial charge on any atom is -0.369 e. The minimum absolute atomic E-state index is 0.0319. The number of halogens is 3. The first-order valence-electron chi connectivity index (χ1n) is 6.52. The van der Waals surface area contributed by atoms with Crippen molar-refractivity contribution >= 4 is 27.9 Å². The van der Waals surface area contributed by atoms with Crippen LogP contribution in [0, 0.1) is 0 Å².